The van der Waals surface area contributed by atoms with Gasteiger partial charge < -0.3 is 15.0 Å². The molecular weight excluding hydrogens is 340 g/mol. The predicted molar refractivity (Wildman–Crippen MR) is 99.2 cm³/mol. The minimum atomic E-state index is -0.642. The molecule has 3 N–H and O–H groups in total. The summed E-state index contributed by atoms with van der Waals surface area (Å²) in [5.41, 5.74) is 2.77. The largest absolute Gasteiger partial charge is 0.390 e. The predicted octanol–water partition coefficient (Wildman–Crippen LogP) is 2.78. The van der Waals surface area contributed by atoms with Crippen LogP contribution in [-0.4, -0.2) is 38.7 Å². The Bertz CT molecular complexity index is 979. The average molecular weight is 359 g/mol. The summed E-state index contributed by atoms with van der Waals surface area (Å²) in [5, 5.41) is 10.5. The lowest BCUT2D eigenvalue weighted by Gasteiger charge is -2.46. The molecule has 3 heterocycles. The van der Waals surface area contributed by atoms with Gasteiger partial charge in [0.2, 0.25) is 0 Å². The average Bonchev–Trinajstić information content (AvgIpc) is 2.83. The molecule has 25 heavy (non-hydrogen) atoms. The van der Waals surface area contributed by atoms with Crippen molar-refractivity contribution < 1.29 is 5.11 Å². The maximum absolute atomic E-state index is 11.4. The van der Waals surface area contributed by atoms with E-state index in [-0.39, 0.29) is 11.6 Å². The molecule has 2 aromatic heterocycles. The van der Waals surface area contributed by atoms with Crippen LogP contribution in [0.3, 0.4) is 0 Å². The number of fused-ring (bicyclic) bond motifs is 1. The Morgan fingerprint density at radius 3 is 2.56 bits per heavy atom. The van der Waals surface area contributed by atoms with Gasteiger partial charge in [-0.05, 0) is 32.0 Å². The van der Waals surface area contributed by atoms with Crippen LogP contribution in [0.25, 0.3) is 22.4 Å². The molecule has 130 valence electrons. The molecule has 0 aliphatic carbocycles. The lowest BCUT2D eigenvalue weighted by atomic mass is 9.84. The van der Waals surface area contributed by atoms with Gasteiger partial charge >= 0.3 is 5.69 Å². The Kier molecular flexibility index (Phi) is 3.63. The van der Waals surface area contributed by atoms with E-state index in [9.17, 15) is 9.90 Å². The summed E-state index contributed by atoms with van der Waals surface area (Å²) in [7, 11) is 0. The molecule has 1 aliphatic heterocycles. The van der Waals surface area contributed by atoms with Gasteiger partial charge in [0.05, 0.1) is 21.8 Å². The van der Waals surface area contributed by atoms with E-state index in [0.29, 0.717) is 21.9 Å². The van der Waals surface area contributed by atoms with Crippen LogP contribution in [0, 0.1) is 5.92 Å². The van der Waals surface area contributed by atoms with Crippen molar-refractivity contribution in [3.05, 3.63) is 45.8 Å². The Hall–Kier alpha value is -2.31. The number of nitrogens with one attached hydrogen (secondary N) is 2. The molecule has 4 rings (SSSR count). The maximum atomic E-state index is 11.4. The zero-order valence-electron chi connectivity index (χ0n) is 14.0. The van der Waals surface area contributed by atoms with Gasteiger partial charge in [-0.25, -0.2) is 9.78 Å². The zero-order valence-corrected chi connectivity index (χ0v) is 14.8. The summed E-state index contributed by atoms with van der Waals surface area (Å²) in [6.07, 6.45) is 0. The van der Waals surface area contributed by atoms with Gasteiger partial charge in [-0.1, -0.05) is 23.7 Å². The third-order valence-electron chi connectivity index (χ3n) is 4.84. The first-order valence-electron chi connectivity index (χ1n) is 8.17. The number of rotatable bonds is 3. The van der Waals surface area contributed by atoms with Crippen LogP contribution in [0.1, 0.15) is 13.8 Å². The van der Waals surface area contributed by atoms with Crippen molar-refractivity contribution in [2.24, 2.45) is 5.92 Å². The molecule has 0 saturated carbocycles. The van der Waals surface area contributed by atoms with E-state index < -0.39 is 5.60 Å². The number of aliphatic hydroxyl groups is 1. The number of aromatic nitrogens is 3. The standard InChI is InChI=1S/C18H19ClN4O2/c1-18(2,25)11-8-23(9-11)12-5-3-10(4-6-12)15-13(19)7-14-16(21-15)22-17(24)20-14/h3-7,11,25H,8-9H2,1-2H3,(H2,20,21,22,24). The van der Waals surface area contributed by atoms with Crippen LogP contribution >= 0.6 is 11.6 Å². The molecule has 1 aliphatic rings. The van der Waals surface area contributed by atoms with Gasteiger partial charge in [0.25, 0.3) is 0 Å². The van der Waals surface area contributed by atoms with E-state index >= 15 is 0 Å². The fourth-order valence-corrected chi connectivity index (χ4v) is 3.37. The Labute approximate surface area is 149 Å². The summed E-state index contributed by atoms with van der Waals surface area (Å²) in [6.45, 7) is 5.40. The smallest absolute Gasteiger partial charge is 0.325 e. The normalized spacial score (nSPS) is 15.6. The van der Waals surface area contributed by atoms with E-state index in [1.54, 1.807) is 6.07 Å². The molecular formula is C18H19ClN4O2. The van der Waals surface area contributed by atoms with Gasteiger partial charge in [-0.2, -0.15) is 0 Å². The molecule has 0 spiro atoms. The van der Waals surface area contributed by atoms with Crippen LogP contribution in [0.2, 0.25) is 5.02 Å². The van der Waals surface area contributed by atoms with Crippen molar-refractivity contribution >= 4 is 28.5 Å². The minimum Gasteiger partial charge on any atom is -0.390 e. The van der Waals surface area contributed by atoms with Crippen LogP contribution in [0.5, 0.6) is 0 Å². The number of benzene rings is 1. The van der Waals surface area contributed by atoms with Gasteiger partial charge in [0.1, 0.15) is 0 Å². The number of anilines is 1. The highest BCUT2D eigenvalue weighted by Crippen LogP contribution is 2.33. The van der Waals surface area contributed by atoms with Crippen molar-refractivity contribution in [1.82, 2.24) is 15.0 Å². The summed E-state index contributed by atoms with van der Waals surface area (Å²) in [4.78, 5) is 23.4. The molecule has 1 aromatic carbocycles. The minimum absolute atomic E-state index is 0.288. The Balaban J connectivity index is 1.59. The summed E-state index contributed by atoms with van der Waals surface area (Å²) in [6, 6.07) is 9.69. The molecule has 1 saturated heterocycles. The molecule has 0 unspecified atom stereocenters. The molecule has 0 amide bonds. The van der Waals surface area contributed by atoms with Crippen LogP contribution in [-0.2, 0) is 0 Å². The molecule has 7 heteroatoms. The first kappa shape index (κ1) is 16.2. The molecule has 0 atom stereocenters. The second-order valence-electron chi connectivity index (χ2n) is 7.10. The lowest BCUT2D eigenvalue weighted by molar-refractivity contribution is 0.00460. The first-order chi connectivity index (χ1) is 11.8. The van der Waals surface area contributed by atoms with Crippen molar-refractivity contribution in [3.8, 4) is 11.3 Å². The SMILES string of the molecule is CC(C)(O)C1CN(c2ccc(-c3nc4[nH]c(=O)[nH]c4cc3Cl)cc2)C1. The third kappa shape index (κ3) is 2.92. The fourth-order valence-electron chi connectivity index (χ4n) is 3.11. The summed E-state index contributed by atoms with van der Waals surface area (Å²) < 4.78 is 0. The van der Waals surface area contributed by atoms with Gasteiger partial charge in [0.15, 0.2) is 5.65 Å². The maximum Gasteiger partial charge on any atom is 0.325 e. The molecule has 0 bridgehead atoms. The number of nitrogens with zero attached hydrogens (tertiary/aromatic N) is 2. The molecule has 1 fully saturated rings. The Morgan fingerprint density at radius 1 is 1.24 bits per heavy atom. The quantitative estimate of drug-likeness (QED) is 0.672. The van der Waals surface area contributed by atoms with E-state index in [4.69, 9.17) is 11.6 Å². The highest BCUT2D eigenvalue weighted by Gasteiger charge is 2.37. The highest BCUT2D eigenvalue weighted by molar-refractivity contribution is 6.33. The van der Waals surface area contributed by atoms with Gasteiger partial charge in [-0.3, -0.25) is 4.98 Å². The first-order valence-corrected chi connectivity index (χ1v) is 8.55. The van der Waals surface area contributed by atoms with E-state index in [1.165, 1.54) is 0 Å². The van der Waals surface area contributed by atoms with E-state index in [0.717, 1.165) is 24.3 Å². The van der Waals surface area contributed by atoms with Crippen LogP contribution < -0.4 is 10.6 Å². The number of halogens is 1. The fraction of sp³-hybridized carbons (Fsp3) is 0.333. The zero-order chi connectivity index (χ0) is 17.8. The van der Waals surface area contributed by atoms with Gasteiger partial charge in [0, 0.05) is 30.3 Å². The second kappa shape index (κ2) is 5.61. The number of pyridine rings is 1. The van der Waals surface area contributed by atoms with Crippen molar-refractivity contribution in [3.63, 3.8) is 0 Å². The lowest BCUT2D eigenvalue weighted by Crippen LogP contribution is -2.55. The highest BCUT2D eigenvalue weighted by atomic mass is 35.5. The topological polar surface area (TPSA) is 85.0 Å². The van der Waals surface area contributed by atoms with E-state index in [1.807, 2.05) is 38.1 Å². The van der Waals surface area contributed by atoms with Crippen molar-refractivity contribution in [2.75, 3.05) is 18.0 Å². The van der Waals surface area contributed by atoms with Crippen LogP contribution in [0.4, 0.5) is 5.69 Å². The van der Waals surface area contributed by atoms with Crippen molar-refractivity contribution in [1.29, 1.82) is 0 Å². The molecule has 3 aromatic rings. The number of hydrogen-bond donors (Lipinski definition) is 3. The van der Waals surface area contributed by atoms with Crippen molar-refractivity contribution in [2.45, 2.75) is 19.4 Å². The number of aromatic amines is 2. The number of hydrogen-bond acceptors (Lipinski definition) is 4. The monoisotopic (exact) mass is 358 g/mol. The summed E-state index contributed by atoms with van der Waals surface area (Å²) >= 11 is 6.32. The number of H-pyrrole nitrogens is 2. The molecule has 6 nitrogen and oxygen atoms in total. The third-order valence-corrected chi connectivity index (χ3v) is 5.13. The summed E-state index contributed by atoms with van der Waals surface area (Å²) in [5.74, 6) is 0.288. The second-order valence-corrected chi connectivity index (χ2v) is 7.50. The number of imidazole rings is 1. The van der Waals surface area contributed by atoms with Gasteiger partial charge in [-0.15, -0.1) is 0 Å². The molecule has 0 radical (unpaired) electrons. The van der Waals surface area contributed by atoms with Crippen LogP contribution in [0.15, 0.2) is 35.1 Å². The van der Waals surface area contributed by atoms with E-state index in [2.05, 4.69) is 19.9 Å². The Morgan fingerprint density at radius 2 is 1.92 bits per heavy atom.